The van der Waals surface area contributed by atoms with Crippen LogP contribution in [0.5, 0.6) is 5.75 Å². The van der Waals surface area contributed by atoms with Gasteiger partial charge in [0.1, 0.15) is 5.75 Å². The lowest BCUT2D eigenvalue weighted by molar-refractivity contribution is 0.421. The van der Waals surface area contributed by atoms with Gasteiger partial charge < -0.3 is 4.74 Å². The fourth-order valence-electron chi connectivity index (χ4n) is 1.64. The molecule has 0 aliphatic rings. The standard InChI is InChI=1S/C11H11BrOS/c1-7-3-8(5-12)4-10-11(7)9(13-2)6-14-10/h3-4,6H,5H2,1-2H3. The first kappa shape index (κ1) is 9.99. The second kappa shape index (κ2) is 3.91. The summed E-state index contributed by atoms with van der Waals surface area (Å²) in [6.07, 6.45) is 0. The zero-order valence-electron chi connectivity index (χ0n) is 8.13. The van der Waals surface area contributed by atoms with Crippen LogP contribution in [0.2, 0.25) is 0 Å². The smallest absolute Gasteiger partial charge is 0.137 e. The van der Waals surface area contributed by atoms with Crippen LogP contribution in [0, 0.1) is 6.92 Å². The highest BCUT2D eigenvalue weighted by molar-refractivity contribution is 9.08. The zero-order valence-corrected chi connectivity index (χ0v) is 10.5. The molecular weight excluding hydrogens is 260 g/mol. The number of aryl methyl sites for hydroxylation is 1. The summed E-state index contributed by atoms with van der Waals surface area (Å²) in [6.45, 7) is 2.13. The Balaban J connectivity index is 2.72. The number of ether oxygens (including phenoxy) is 1. The number of rotatable bonds is 2. The fourth-order valence-corrected chi connectivity index (χ4v) is 3.01. The third kappa shape index (κ3) is 1.55. The molecule has 1 aromatic carbocycles. The van der Waals surface area contributed by atoms with E-state index >= 15 is 0 Å². The third-order valence-corrected chi connectivity index (χ3v) is 3.83. The number of halogens is 1. The Labute approximate surface area is 95.8 Å². The van der Waals surface area contributed by atoms with Crippen LogP contribution < -0.4 is 4.74 Å². The predicted molar refractivity (Wildman–Crippen MR) is 65.7 cm³/mol. The van der Waals surface area contributed by atoms with Gasteiger partial charge in [0.15, 0.2) is 0 Å². The molecule has 0 saturated heterocycles. The van der Waals surface area contributed by atoms with Gasteiger partial charge in [0, 0.05) is 20.8 Å². The lowest BCUT2D eigenvalue weighted by atomic mass is 10.1. The monoisotopic (exact) mass is 270 g/mol. The van der Waals surface area contributed by atoms with Gasteiger partial charge in [-0.05, 0) is 24.1 Å². The Morgan fingerprint density at radius 2 is 2.21 bits per heavy atom. The normalized spacial score (nSPS) is 10.8. The Kier molecular flexibility index (Phi) is 2.79. The molecule has 1 heterocycles. The largest absolute Gasteiger partial charge is 0.495 e. The summed E-state index contributed by atoms with van der Waals surface area (Å²) >= 11 is 5.21. The van der Waals surface area contributed by atoms with Gasteiger partial charge in [0.05, 0.1) is 7.11 Å². The van der Waals surface area contributed by atoms with Gasteiger partial charge in [-0.2, -0.15) is 0 Å². The van der Waals surface area contributed by atoms with Crippen LogP contribution >= 0.6 is 27.3 Å². The first-order valence-electron chi connectivity index (χ1n) is 4.37. The summed E-state index contributed by atoms with van der Waals surface area (Å²) in [7, 11) is 1.72. The van der Waals surface area contributed by atoms with Gasteiger partial charge in [-0.15, -0.1) is 11.3 Å². The molecular formula is C11H11BrOS. The molecule has 0 bridgehead atoms. The number of benzene rings is 1. The van der Waals surface area contributed by atoms with E-state index in [1.165, 1.54) is 21.2 Å². The Bertz CT molecular complexity index is 462. The second-order valence-electron chi connectivity index (χ2n) is 3.22. The number of fused-ring (bicyclic) bond motifs is 1. The van der Waals surface area contributed by atoms with Crippen molar-refractivity contribution < 1.29 is 4.74 Å². The van der Waals surface area contributed by atoms with Crippen LogP contribution in [0.1, 0.15) is 11.1 Å². The summed E-state index contributed by atoms with van der Waals surface area (Å²) in [5, 5.41) is 4.22. The van der Waals surface area contributed by atoms with Crippen molar-refractivity contribution in [2.75, 3.05) is 7.11 Å². The van der Waals surface area contributed by atoms with Crippen LogP contribution in [0.15, 0.2) is 17.5 Å². The highest BCUT2D eigenvalue weighted by Crippen LogP contribution is 2.35. The molecule has 0 saturated carbocycles. The minimum atomic E-state index is 0.907. The van der Waals surface area contributed by atoms with E-state index in [2.05, 4.69) is 40.4 Å². The molecule has 0 amide bonds. The molecule has 1 aromatic heterocycles. The molecule has 14 heavy (non-hydrogen) atoms. The molecule has 0 fully saturated rings. The summed E-state index contributed by atoms with van der Waals surface area (Å²) in [6, 6.07) is 4.41. The van der Waals surface area contributed by atoms with Crippen LogP contribution in [-0.4, -0.2) is 7.11 Å². The lowest BCUT2D eigenvalue weighted by Gasteiger charge is -2.03. The fraction of sp³-hybridized carbons (Fsp3) is 0.273. The number of methoxy groups -OCH3 is 1. The quantitative estimate of drug-likeness (QED) is 0.747. The highest BCUT2D eigenvalue weighted by Gasteiger charge is 2.07. The van der Waals surface area contributed by atoms with Crippen molar-refractivity contribution in [2.24, 2.45) is 0 Å². The molecule has 2 aromatic rings. The molecule has 0 spiro atoms. The molecule has 2 rings (SSSR count). The summed E-state index contributed by atoms with van der Waals surface area (Å²) in [4.78, 5) is 0. The van der Waals surface area contributed by atoms with E-state index in [9.17, 15) is 0 Å². The Morgan fingerprint density at radius 1 is 1.43 bits per heavy atom. The second-order valence-corrected chi connectivity index (χ2v) is 4.70. The number of alkyl halides is 1. The van der Waals surface area contributed by atoms with Crippen molar-refractivity contribution in [1.29, 1.82) is 0 Å². The summed E-state index contributed by atoms with van der Waals surface area (Å²) in [5.41, 5.74) is 2.61. The van der Waals surface area contributed by atoms with Crippen LogP contribution in [-0.2, 0) is 5.33 Å². The van der Waals surface area contributed by atoms with E-state index in [0.29, 0.717) is 0 Å². The van der Waals surface area contributed by atoms with Crippen molar-refractivity contribution >= 4 is 37.4 Å². The van der Waals surface area contributed by atoms with Gasteiger partial charge in [0.25, 0.3) is 0 Å². The molecule has 0 unspecified atom stereocenters. The molecule has 0 atom stereocenters. The number of hydrogen-bond donors (Lipinski definition) is 0. The minimum Gasteiger partial charge on any atom is -0.495 e. The third-order valence-electron chi connectivity index (χ3n) is 2.27. The van der Waals surface area contributed by atoms with E-state index < -0.39 is 0 Å². The van der Waals surface area contributed by atoms with Gasteiger partial charge in [0.2, 0.25) is 0 Å². The molecule has 74 valence electrons. The topological polar surface area (TPSA) is 9.23 Å². The number of thiophene rings is 1. The lowest BCUT2D eigenvalue weighted by Crippen LogP contribution is -1.84. The van der Waals surface area contributed by atoms with Gasteiger partial charge >= 0.3 is 0 Å². The predicted octanol–water partition coefficient (Wildman–Crippen LogP) is 4.11. The maximum atomic E-state index is 5.32. The molecule has 3 heteroatoms. The SMILES string of the molecule is COc1csc2cc(CBr)cc(C)c12. The van der Waals surface area contributed by atoms with Crippen LogP contribution in [0.3, 0.4) is 0 Å². The zero-order chi connectivity index (χ0) is 10.1. The minimum absolute atomic E-state index is 0.907. The van der Waals surface area contributed by atoms with Crippen molar-refractivity contribution in [3.05, 3.63) is 28.6 Å². The number of hydrogen-bond acceptors (Lipinski definition) is 2. The summed E-state index contributed by atoms with van der Waals surface area (Å²) < 4.78 is 6.62. The first-order valence-corrected chi connectivity index (χ1v) is 6.37. The van der Waals surface area contributed by atoms with Gasteiger partial charge in [-0.25, -0.2) is 0 Å². The van der Waals surface area contributed by atoms with E-state index in [0.717, 1.165) is 11.1 Å². The molecule has 0 radical (unpaired) electrons. The van der Waals surface area contributed by atoms with Crippen molar-refractivity contribution in [3.8, 4) is 5.75 Å². The maximum absolute atomic E-state index is 5.32. The first-order chi connectivity index (χ1) is 6.76. The van der Waals surface area contributed by atoms with E-state index in [1.807, 2.05) is 0 Å². The highest BCUT2D eigenvalue weighted by atomic mass is 79.9. The molecule has 0 aliphatic carbocycles. The van der Waals surface area contributed by atoms with Gasteiger partial charge in [-0.1, -0.05) is 22.0 Å². The van der Waals surface area contributed by atoms with E-state index in [-0.39, 0.29) is 0 Å². The molecule has 0 N–H and O–H groups in total. The van der Waals surface area contributed by atoms with Crippen LogP contribution in [0.4, 0.5) is 0 Å². The summed E-state index contributed by atoms with van der Waals surface area (Å²) in [5.74, 6) is 0.989. The van der Waals surface area contributed by atoms with E-state index in [4.69, 9.17) is 4.74 Å². The average molecular weight is 271 g/mol. The van der Waals surface area contributed by atoms with Crippen molar-refractivity contribution in [3.63, 3.8) is 0 Å². The maximum Gasteiger partial charge on any atom is 0.137 e. The molecule has 1 nitrogen and oxygen atoms in total. The van der Waals surface area contributed by atoms with Crippen LogP contribution in [0.25, 0.3) is 10.1 Å². The van der Waals surface area contributed by atoms with Crippen molar-refractivity contribution in [1.82, 2.24) is 0 Å². The molecule has 0 aliphatic heterocycles. The Hall–Kier alpha value is -0.540. The van der Waals surface area contributed by atoms with E-state index in [1.54, 1.807) is 18.4 Å². The van der Waals surface area contributed by atoms with Gasteiger partial charge in [-0.3, -0.25) is 0 Å². The average Bonchev–Trinajstić information content (AvgIpc) is 2.61. The van der Waals surface area contributed by atoms with Crippen molar-refractivity contribution in [2.45, 2.75) is 12.3 Å². The Morgan fingerprint density at radius 3 is 2.86 bits per heavy atom.